The Labute approximate surface area is 225 Å². The molecule has 1 atom stereocenters. The molecule has 0 saturated carbocycles. The van der Waals surface area contributed by atoms with Gasteiger partial charge in [-0.15, -0.1) is 0 Å². The number of piperidine rings is 1. The van der Waals surface area contributed by atoms with Crippen LogP contribution in [0.3, 0.4) is 0 Å². The molecule has 9 heteroatoms. The van der Waals surface area contributed by atoms with Crippen molar-refractivity contribution in [1.82, 2.24) is 23.7 Å². The van der Waals surface area contributed by atoms with Crippen molar-refractivity contribution in [2.45, 2.75) is 45.8 Å². The Kier molecular flexibility index (Phi) is 6.31. The number of aromatic nitrogens is 5. The van der Waals surface area contributed by atoms with E-state index in [-0.39, 0.29) is 18.1 Å². The van der Waals surface area contributed by atoms with Crippen LogP contribution in [0.1, 0.15) is 32.4 Å². The molecule has 1 saturated heterocycles. The average molecular weight is 524 g/mol. The van der Waals surface area contributed by atoms with Gasteiger partial charge in [-0.25, -0.2) is 4.79 Å². The highest BCUT2D eigenvalue weighted by molar-refractivity contribution is 6.06. The molecule has 1 aliphatic rings. The van der Waals surface area contributed by atoms with E-state index in [4.69, 9.17) is 15.7 Å². The van der Waals surface area contributed by atoms with Crippen LogP contribution in [-0.2, 0) is 20.1 Å². The highest BCUT2D eigenvalue weighted by Crippen LogP contribution is 2.27. The summed E-state index contributed by atoms with van der Waals surface area (Å²) in [6.45, 7) is 6.06. The second-order valence-corrected chi connectivity index (χ2v) is 10.7. The van der Waals surface area contributed by atoms with Crippen LogP contribution in [0.25, 0.3) is 32.8 Å². The van der Waals surface area contributed by atoms with Crippen LogP contribution in [0.5, 0.6) is 0 Å². The number of allylic oxidation sites excluding steroid dienone is 2. The van der Waals surface area contributed by atoms with Gasteiger partial charge >= 0.3 is 5.69 Å². The molecular weight excluding hydrogens is 490 g/mol. The summed E-state index contributed by atoms with van der Waals surface area (Å²) in [5, 5.41) is 3.00. The molecule has 2 N–H and O–H groups in total. The average Bonchev–Trinajstić information content (AvgIpc) is 3.33. The quantitative estimate of drug-likeness (QED) is 0.279. The third-order valence-corrected chi connectivity index (χ3v) is 7.63. The van der Waals surface area contributed by atoms with Gasteiger partial charge in [-0.3, -0.25) is 18.9 Å². The zero-order valence-corrected chi connectivity index (χ0v) is 22.6. The molecule has 0 spiro atoms. The van der Waals surface area contributed by atoms with E-state index in [9.17, 15) is 9.59 Å². The maximum absolute atomic E-state index is 14.1. The fraction of sp³-hybridized carbons (Fsp3) is 0.333. The van der Waals surface area contributed by atoms with E-state index < -0.39 is 5.69 Å². The molecule has 1 fully saturated rings. The standard InChI is InChI=1S/C30H33N7O2/c1-19(2)14-16-36-26-27(33-29(36)35-15-8-9-20(31)17-35)34(3)30(39)37(28(26)38)18-25-23-12-5-4-10-21(23)22-11-6-7-13-24(22)32-25/h4-7,10-14,20H,8-9,15-18,31H2,1-3H3. The third-order valence-electron chi connectivity index (χ3n) is 7.63. The number of hydrogen-bond donors (Lipinski definition) is 1. The number of aryl methyl sites for hydroxylation is 1. The minimum absolute atomic E-state index is 0.0446. The van der Waals surface area contributed by atoms with Crippen molar-refractivity contribution in [3.63, 3.8) is 0 Å². The van der Waals surface area contributed by atoms with Gasteiger partial charge < -0.3 is 15.2 Å². The van der Waals surface area contributed by atoms with Crippen molar-refractivity contribution >= 4 is 38.8 Å². The third kappa shape index (κ3) is 4.32. The molecule has 39 heavy (non-hydrogen) atoms. The van der Waals surface area contributed by atoms with Crippen molar-refractivity contribution < 1.29 is 0 Å². The van der Waals surface area contributed by atoms with E-state index in [2.05, 4.69) is 17.0 Å². The van der Waals surface area contributed by atoms with Crippen LogP contribution in [0.2, 0.25) is 0 Å². The van der Waals surface area contributed by atoms with Crippen LogP contribution >= 0.6 is 0 Å². The van der Waals surface area contributed by atoms with Gasteiger partial charge in [0.15, 0.2) is 11.2 Å². The minimum atomic E-state index is -0.416. The van der Waals surface area contributed by atoms with E-state index in [0.29, 0.717) is 35.9 Å². The number of nitrogens with zero attached hydrogens (tertiary/aromatic N) is 6. The summed E-state index contributed by atoms with van der Waals surface area (Å²) in [7, 11) is 1.68. The lowest BCUT2D eigenvalue weighted by Gasteiger charge is -2.31. The Hall–Kier alpha value is -4.24. The molecular formula is C30H33N7O2. The van der Waals surface area contributed by atoms with Crippen LogP contribution in [0.15, 0.2) is 69.8 Å². The molecule has 1 aliphatic heterocycles. The lowest BCUT2D eigenvalue weighted by molar-refractivity contribution is 0.495. The Morgan fingerprint density at radius 2 is 1.72 bits per heavy atom. The monoisotopic (exact) mass is 523 g/mol. The summed E-state index contributed by atoms with van der Waals surface area (Å²) in [5.41, 5.74) is 8.94. The van der Waals surface area contributed by atoms with Crippen LogP contribution < -0.4 is 21.9 Å². The molecule has 5 aromatic rings. The van der Waals surface area contributed by atoms with Crippen molar-refractivity contribution in [3.8, 4) is 0 Å². The molecule has 0 amide bonds. The van der Waals surface area contributed by atoms with Gasteiger partial charge in [0, 0.05) is 43.5 Å². The molecule has 3 aromatic heterocycles. The summed E-state index contributed by atoms with van der Waals surface area (Å²) >= 11 is 0. The number of imidazole rings is 1. The Bertz CT molecular complexity index is 1870. The zero-order valence-electron chi connectivity index (χ0n) is 22.6. The molecule has 2 aromatic carbocycles. The SMILES string of the molecule is CC(C)=CCn1c(N2CCCC(N)C2)nc2c1c(=O)n(Cc1nc3ccccc3c3ccccc13)c(=O)n2C. The number of hydrogen-bond acceptors (Lipinski definition) is 6. The first-order chi connectivity index (χ1) is 18.8. The molecule has 0 bridgehead atoms. The van der Waals surface area contributed by atoms with Crippen LogP contribution in [0.4, 0.5) is 5.95 Å². The fourth-order valence-electron chi connectivity index (χ4n) is 5.62. The van der Waals surface area contributed by atoms with E-state index >= 15 is 0 Å². The van der Waals surface area contributed by atoms with Gasteiger partial charge in [0.05, 0.1) is 17.8 Å². The van der Waals surface area contributed by atoms with Gasteiger partial charge in [-0.1, -0.05) is 54.1 Å². The Balaban J connectivity index is 1.57. The van der Waals surface area contributed by atoms with Crippen molar-refractivity contribution in [2.24, 2.45) is 12.8 Å². The maximum Gasteiger partial charge on any atom is 0.332 e. The van der Waals surface area contributed by atoms with Crippen molar-refractivity contribution in [2.75, 3.05) is 18.0 Å². The molecule has 1 unspecified atom stereocenters. The predicted octanol–water partition coefficient (Wildman–Crippen LogP) is 3.54. The summed E-state index contributed by atoms with van der Waals surface area (Å²) in [6, 6.07) is 16.0. The van der Waals surface area contributed by atoms with Gasteiger partial charge in [0.1, 0.15) is 0 Å². The first-order valence-corrected chi connectivity index (χ1v) is 13.4. The van der Waals surface area contributed by atoms with Gasteiger partial charge in [0.25, 0.3) is 5.56 Å². The molecule has 200 valence electrons. The van der Waals surface area contributed by atoms with Gasteiger partial charge in [-0.2, -0.15) is 4.98 Å². The van der Waals surface area contributed by atoms with E-state index in [1.165, 1.54) is 9.13 Å². The van der Waals surface area contributed by atoms with Crippen molar-refractivity contribution in [3.05, 3.63) is 86.7 Å². The molecule has 9 nitrogen and oxygen atoms in total. The molecule has 6 rings (SSSR count). The highest BCUT2D eigenvalue weighted by atomic mass is 16.2. The smallest absolute Gasteiger partial charge is 0.332 e. The second kappa shape index (κ2) is 9.81. The summed E-state index contributed by atoms with van der Waals surface area (Å²) < 4.78 is 4.70. The van der Waals surface area contributed by atoms with E-state index in [1.807, 2.05) is 60.9 Å². The molecule has 0 radical (unpaired) electrons. The maximum atomic E-state index is 14.1. The Morgan fingerprint density at radius 3 is 2.46 bits per heavy atom. The summed E-state index contributed by atoms with van der Waals surface area (Å²) in [4.78, 5) is 39.6. The van der Waals surface area contributed by atoms with Crippen molar-refractivity contribution in [1.29, 1.82) is 0 Å². The number of rotatable bonds is 5. The summed E-state index contributed by atoms with van der Waals surface area (Å²) in [5.74, 6) is 0.678. The first kappa shape index (κ1) is 25.1. The van der Waals surface area contributed by atoms with E-state index in [1.54, 1.807) is 7.05 Å². The molecule has 0 aliphatic carbocycles. The fourth-order valence-corrected chi connectivity index (χ4v) is 5.62. The number of nitrogens with two attached hydrogens (primary N) is 1. The summed E-state index contributed by atoms with van der Waals surface area (Å²) in [6.07, 6.45) is 3.99. The van der Waals surface area contributed by atoms with E-state index in [0.717, 1.165) is 46.6 Å². The zero-order chi connectivity index (χ0) is 27.3. The first-order valence-electron chi connectivity index (χ1n) is 13.4. The largest absolute Gasteiger partial charge is 0.341 e. The normalized spacial score (nSPS) is 15.9. The van der Waals surface area contributed by atoms with Crippen LogP contribution in [0, 0.1) is 0 Å². The molecule has 4 heterocycles. The number of anilines is 1. The number of benzene rings is 2. The predicted molar refractivity (Wildman–Crippen MR) is 156 cm³/mol. The minimum Gasteiger partial charge on any atom is -0.341 e. The van der Waals surface area contributed by atoms with Gasteiger partial charge in [0.2, 0.25) is 5.95 Å². The number of fused-ring (bicyclic) bond motifs is 4. The Morgan fingerprint density at radius 1 is 1.00 bits per heavy atom. The second-order valence-electron chi connectivity index (χ2n) is 10.7. The van der Waals surface area contributed by atoms with Crippen LogP contribution in [-0.4, -0.2) is 42.8 Å². The van der Waals surface area contributed by atoms with Gasteiger partial charge in [-0.05, 0) is 38.1 Å². The topological polar surface area (TPSA) is 104 Å². The number of pyridine rings is 1. The lowest BCUT2D eigenvalue weighted by Crippen LogP contribution is -2.44. The highest BCUT2D eigenvalue weighted by Gasteiger charge is 2.26. The number of para-hydroxylation sites is 1. The lowest BCUT2D eigenvalue weighted by atomic mass is 10.0.